The highest BCUT2D eigenvalue weighted by molar-refractivity contribution is 5.93. The van der Waals surface area contributed by atoms with Crippen LogP contribution in [0.5, 0.6) is 0 Å². The first-order chi connectivity index (χ1) is 17.6. The van der Waals surface area contributed by atoms with Crippen LogP contribution in [0, 0.1) is 5.92 Å². The molecule has 3 N–H and O–H groups in total. The van der Waals surface area contributed by atoms with E-state index in [9.17, 15) is 14.7 Å². The van der Waals surface area contributed by atoms with Crippen LogP contribution < -0.4 is 10.2 Å². The number of anilines is 2. The summed E-state index contributed by atoms with van der Waals surface area (Å²) in [4.78, 5) is 36.4. The molecular weight excluding hydrogens is 454 g/mol. The van der Waals surface area contributed by atoms with Crippen LogP contribution in [0.25, 0.3) is 0 Å². The van der Waals surface area contributed by atoms with Gasteiger partial charge in [0.1, 0.15) is 0 Å². The molecule has 0 bridgehead atoms. The van der Waals surface area contributed by atoms with E-state index < -0.39 is 6.09 Å². The average Bonchev–Trinajstić information content (AvgIpc) is 3.36. The lowest BCUT2D eigenvalue weighted by atomic mass is 9.88. The lowest BCUT2D eigenvalue weighted by Crippen LogP contribution is -2.45. The highest BCUT2D eigenvalue weighted by atomic mass is 16.4. The van der Waals surface area contributed by atoms with Gasteiger partial charge in [0.05, 0.1) is 31.2 Å². The Morgan fingerprint density at radius 3 is 2.61 bits per heavy atom. The van der Waals surface area contributed by atoms with E-state index in [4.69, 9.17) is 0 Å². The molecule has 8 heteroatoms. The number of carbonyl (C=O) groups is 2. The van der Waals surface area contributed by atoms with E-state index in [2.05, 4.69) is 20.2 Å². The maximum absolute atomic E-state index is 12.9. The van der Waals surface area contributed by atoms with Gasteiger partial charge in [0.2, 0.25) is 5.91 Å². The zero-order chi connectivity index (χ0) is 24.9. The number of carbonyl (C=O) groups excluding carboxylic acids is 1. The number of carboxylic acid groups (broad SMARTS) is 1. The van der Waals surface area contributed by atoms with Gasteiger partial charge in [0.25, 0.3) is 0 Å². The molecule has 3 aromatic rings. The average molecular weight is 488 g/mol. The Balaban J connectivity index is 1.45. The summed E-state index contributed by atoms with van der Waals surface area (Å²) >= 11 is 0. The topological polar surface area (TPSA) is 102 Å². The Morgan fingerprint density at radius 1 is 1.08 bits per heavy atom. The minimum atomic E-state index is -0.931. The van der Waals surface area contributed by atoms with E-state index >= 15 is 0 Å². The van der Waals surface area contributed by atoms with Crippen molar-refractivity contribution in [3.05, 3.63) is 77.9 Å². The minimum absolute atomic E-state index is 0.0661. The molecular formula is C28H33N5O3. The molecule has 36 heavy (non-hydrogen) atoms. The van der Waals surface area contributed by atoms with Gasteiger partial charge in [-0.3, -0.25) is 9.69 Å². The van der Waals surface area contributed by atoms with Crippen LogP contribution in [0.2, 0.25) is 0 Å². The Kier molecular flexibility index (Phi) is 7.21. The van der Waals surface area contributed by atoms with Crippen molar-refractivity contribution in [2.24, 2.45) is 5.92 Å². The van der Waals surface area contributed by atoms with Gasteiger partial charge in [-0.15, -0.1) is 0 Å². The number of H-pyrrole nitrogens is 1. The fourth-order valence-corrected chi connectivity index (χ4v) is 5.45. The van der Waals surface area contributed by atoms with E-state index in [1.807, 2.05) is 48.5 Å². The second-order valence-corrected chi connectivity index (χ2v) is 9.88. The van der Waals surface area contributed by atoms with E-state index in [1.54, 1.807) is 17.4 Å². The molecule has 0 spiro atoms. The number of amides is 2. The first-order valence-electron chi connectivity index (χ1n) is 12.8. The van der Waals surface area contributed by atoms with Crippen LogP contribution in [0.3, 0.4) is 0 Å². The summed E-state index contributed by atoms with van der Waals surface area (Å²) in [5.74, 6) is 0.147. The first-order valence-corrected chi connectivity index (χ1v) is 12.8. The smallest absolute Gasteiger partial charge is 0.407 e. The van der Waals surface area contributed by atoms with E-state index in [0.29, 0.717) is 26.1 Å². The summed E-state index contributed by atoms with van der Waals surface area (Å²) in [6.07, 6.45) is 8.43. The molecule has 1 aliphatic heterocycles. The second kappa shape index (κ2) is 10.8. The van der Waals surface area contributed by atoms with Gasteiger partial charge in [-0.1, -0.05) is 55.7 Å². The van der Waals surface area contributed by atoms with Crippen molar-refractivity contribution in [1.29, 1.82) is 0 Å². The van der Waals surface area contributed by atoms with Crippen LogP contribution >= 0.6 is 0 Å². The van der Waals surface area contributed by atoms with Crippen LogP contribution in [-0.4, -0.2) is 44.6 Å². The first kappa shape index (κ1) is 23.9. The molecule has 1 saturated carbocycles. The highest BCUT2D eigenvalue weighted by Gasteiger charge is 2.32. The van der Waals surface area contributed by atoms with Gasteiger partial charge >= 0.3 is 6.09 Å². The molecule has 8 nitrogen and oxygen atoms in total. The molecule has 0 radical (unpaired) electrons. The molecule has 1 unspecified atom stereocenters. The molecule has 2 aliphatic rings. The van der Waals surface area contributed by atoms with Crippen molar-refractivity contribution in [2.75, 3.05) is 16.8 Å². The van der Waals surface area contributed by atoms with E-state index in [-0.39, 0.29) is 17.9 Å². The van der Waals surface area contributed by atoms with Crippen molar-refractivity contribution in [3.63, 3.8) is 0 Å². The summed E-state index contributed by atoms with van der Waals surface area (Å²) in [5.41, 5.74) is 4.65. The third-order valence-electron chi connectivity index (χ3n) is 7.36. The number of aromatic amines is 1. The number of fused-ring (bicyclic) bond motifs is 1. The number of benzene rings is 2. The van der Waals surface area contributed by atoms with Gasteiger partial charge in [0, 0.05) is 30.0 Å². The quantitative estimate of drug-likeness (QED) is 0.452. The van der Waals surface area contributed by atoms with Gasteiger partial charge in [-0.05, 0) is 42.5 Å². The molecule has 5 rings (SSSR count). The summed E-state index contributed by atoms with van der Waals surface area (Å²) in [5, 5.41) is 13.3. The monoisotopic (exact) mass is 487 g/mol. The maximum atomic E-state index is 12.9. The zero-order valence-electron chi connectivity index (χ0n) is 20.4. The SMILES string of the molecule is O=C(Nc1ccc2c(c1)N(Cc1cnc[nH]1)CC(Cc1ccccc1)N(C(=O)O)C2)C1CCCCC1. The summed E-state index contributed by atoms with van der Waals surface area (Å²) in [6, 6.07) is 15.6. The molecule has 1 aromatic heterocycles. The Bertz CT molecular complexity index is 1180. The fraction of sp³-hybridized carbons (Fsp3) is 0.393. The van der Waals surface area contributed by atoms with Gasteiger partial charge < -0.3 is 20.3 Å². The predicted octanol–water partition coefficient (Wildman–Crippen LogP) is 5.04. The molecule has 1 fully saturated rings. The van der Waals surface area contributed by atoms with Crippen LogP contribution in [0.4, 0.5) is 16.2 Å². The van der Waals surface area contributed by atoms with Gasteiger partial charge in [0.15, 0.2) is 0 Å². The molecule has 1 atom stereocenters. The van der Waals surface area contributed by atoms with Gasteiger partial charge in [-0.25, -0.2) is 9.78 Å². The van der Waals surface area contributed by atoms with Crippen LogP contribution in [0.15, 0.2) is 61.1 Å². The summed E-state index contributed by atoms with van der Waals surface area (Å²) in [6.45, 7) is 1.37. The van der Waals surface area contributed by atoms with Crippen molar-refractivity contribution in [2.45, 2.75) is 57.7 Å². The molecule has 0 saturated heterocycles. The largest absolute Gasteiger partial charge is 0.465 e. The number of nitrogens with one attached hydrogen (secondary N) is 2. The lowest BCUT2D eigenvalue weighted by Gasteiger charge is -2.31. The maximum Gasteiger partial charge on any atom is 0.407 e. The summed E-state index contributed by atoms with van der Waals surface area (Å²) < 4.78 is 0. The van der Waals surface area contributed by atoms with Crippen molar-refractivity contribution < 1.29 is 14.7 Å². The predicted molar refractivity (Wildman–Crippen MR) is 139 cm³/mol. The summed E-state index contributed by atoms with van der Waals surface area (Å²) in [7, 11) is 0. The molecule has 1 aliphatic carbocycles. The fourth-order valence-electron chi connectivity index (χ4n) is 5.45. The highest BCUT2D eigenvalue weighted by Crippen LogP contribution is 2.33. The molecule has 2 amide bonds. The van der Waals surface area contributed by atoms with Crippen molar-refractivity contribution in [3.8, 4) is 0 Å². The number of hydrogen-bond donors (Lipinski definition) is 3. The Morgan fingerprint density at radius 2 is 1.89 bits per heavy atom. The number of imidazole rings is 1. The lowest BCUT2D eigenvalue weighted by molar-refractivity contribution is -0.120. The molecule has 188 valence electrons. The van der Waals surface area contributed by atoms with Crippen LogP contribution in [0.1, 0.15) is 48.9 Å². The van der Waals surface area contributed by atoms with E-state index in [0.717, 1.165) is 53.9 Å². The number of nitrogens with zero attached hydrogens (tertiary/aromatic N) is 3. The third-order valence-corrected chi connectivity index (χ3v) is 7.36. The van der Waals surface area contributed by atoms with Gasteiger partial charge in [-0.2, -0.15) is 0 Å². The Labute approximate surface area is 211 Å². The molecule has 2 heterocycles. The number of hydrogen-bond acceptors (Lipinski definition) is 4. The van der Waals surface area contributed by atoms with Crippen molar-refractivity contribution >= 4 is 23.4 Å². The minimum Gasteiger partial charge on any atom is -0.465 e. The van der Waals surface area contributed by atoms with E-state index in [1.165, 1.54) is 6.42 Å². The second-order valence-electron chi connectivity index (χ2n) is 9.88. The van der Waals surface area contributed by atoms with Crippen LogP contribution in [-0.2, 0) is 24.3 Å². The zero-order valence-corrected chi connectivity index (χ0v) is 20.4. The standard InChI is InChI=1S/C28H33N5O3/c34-27(21-9-5-2-6-10-21)31-23-12-11-22-16-33(28(35)36)25(13-20-7-3-1-4-8-20)18-32(26(22)14-23)17-24-15-29-19-30-24/h1,3-4,7-8,11-12,14-15,19,21,25H,2,5-6,9-10,13,16-18H2,(H,29,30)(H,31,34)(H,35,36). The normalized spacial score (nSPS) is 18.4. The Hall–Kier alpha value is -3.81. The number of rotatable bonds is 6. The third kappa shape index (κ3) is 5.53. The molecule has 2 aromatic carbocycles. The van der Waals surface area contributed by atoms with Crippen molar-refractivity contribution in [1.82, 2.24) is 14.9 Å². The number of aromatic nitrogens is 2.